The summed E-state index contributed by atoms with van der Waals surface area (Å²) >= 11 is 0. The average Bonchev–Trinajstić information content (AvgIpc) is 1.64. The molecule has 0 aliphatic rings. The van der Waals surface area contributed by atoms with Crippen molar-refractivity contribution in [1.29, 1.82) is 0 Å². The van der Waals surface area contributed by atoms with E-state index >= 15 is 0 Å². The molecule has 0 aromatic rings. The molecule has 0 amide bonds. The second-order valence-electron chi connectivity index (χ2n) is 1.68. The molecule has 0 aromatic carbocycles. The van der Waals surface area contributed by atoms with Crippen LogP contribution < -0.4 is 5.73 Å². The minimum absolute atomic E-state index is 0.945. The summed E-state index contributed by atoms with van der Waals surface area (Å²) in [5, 5.41) is 0. The average molecular weight is 145 g/mol. The second-order valence-corrected chi connectivity index (χ2v) is 1.68. The topological polar surface area (TPSA) is 26.0 Å². The molecule has 0 atom stereocenters. The smallest absolute Gasteiger partial charge is 0.267 e. The minimum Gasteiger partial charge on any atom is -0.267 e. The monoisotopic (exact) mass is 145 g/mol. The van der Waals surface area contributed by atoms with Gasteiger partial charge in [-0.25, -0.2) is 0 Å². The van der Waals surface area contributed by atoms with Crippen molar-refractivity contribution >= 4 is 0 Å². The lowest BCUT2D eigenvalue weighted by molar-refractivity contribution is -0.205. The standard InChI is InChI=1S/C4H7F4N/c1-2-3(5,6)4(7,8)9/h2,9H2,1H3. The van der Waals surface area contributed by atoms with E-state index in [2.05, 4.69) is 5.73 Å². The first-order valence-corrected chi connectivity index (χ1v) is 2.36. The van der Waals surface area contributed by atoms with E-state index in [-0.39, 0.29) is 0 Å². The molecule has 5 heteroatoms. The third-order valence-corrected chi connectivity index (χ3v) is 0.932. The van der Waals surface area contributed by atoms with Gasteiger partial charge in [-0.15, -0.1) is 0 Å². The van der Waals surface area contributed by atoms with Gasteiger partial charge in [0.1, 0.15) is 0 Å². The first-order valence-electron chi connectivity index (χ1n) is 2.36. The molecule has 0 fully saturated rings. The molecule has 0 bridgehead atoms. The Balaban J connectivity index is 4.14. The predicted molar refractivity (Wildman–Crippen MR) is 24.4 cm³/mol. The van der Waals surface area contributed by atoms with Crippen LogP contribution in [0.2, 0.25) is 0 Å². The van der Waals surface area contributed by atoms with E-state index in [0.29, 0.717) is 0 Å². The maximum Gasteiger partial charge on any atom is 0.362 e. The molecule has 2 N–H and O–H groups in total. The number of rotatable bonds is 2. The van der Waals surface area contributed by atoms with Gasteiger partial charge in [-0.2, -0.15) is 17.6 Å². The lowest BCUT2D eigenvalue weighted by atomic mass is 10.2. The van der Waals surface area contributed by atoms with Crippen LogP contribution in [-0.4, -0.2) is 12.0 Å². The summed E-state index contributed by atoms with van der Waals surface area (Å²) < 4.78 is 46.6. The van der Waals surface area contributed by atoms with Crippen LogP contribution in [0.3, 0.4) is 0 Å². The third-order valence-electron chi connectivity index (χ3n) is 0.932. The van der Waals surface area contributed by atoms with Gasteiger partial charge >= 0.3 is 12.0 Å². The van der Waals surface area contributed by atoms with E-state index < -0.39 is 18.4 Å². The molecule has 0 heterocycles. The Morgan fingerprint density at radius 2 is 1.56 bits per heavy atom. The number of hydrogen-bond donors (Lipinski definition) is 1. The summed E-state index contributed by atoms with van der Waals surface area (Å²) in [5.74, 6) is -4.08. The Hall–Kier alpha value is -0.320. The third kappa shape index (κ3) is 1.82. The quantitative estimate of drug-likeness (QED) is 0.463. The van der Waals surface area contributed by atoms with Gasteiger partial charge in [-0.3, -0.25) is 5.73 Å². The number of halogens is 4. The fourth-order valence-corrected chi connectivity index (χ4v) is 0.236. The summed E-state index contributed by atoms with van der Waals surface area (Å²) in [6.45, 7) is 0.945. The van der Waals surface area contributed by atoms with Crippen LogP contribution in [0.1, 0.15) is 13.3 Å². The van der Waals surface area contributed by atoms with Gasteiger partial charge in [-0.1, -0.05) is 6.92 Å². The molecule has 0 aliphatic carbocycles. The van der Waals surface area contributed by atoms with Crippen LogP contribution in [0.15, 0.2) is 0 Å². The summed E-state index contributed by atoms with van der Waals surface area (Å²) in [6.07, 6.45) is -0.948. The van der Waals surface area contributed by atoms with Crippen molar-refractivity contribution in [3.05, 3.63) is 0 Å². The molecule has 0 saturated heterocycles. The van der Waals surface area contributed by atoms with Crippen molar-refractivity contribution in [1.82, 2.24) is 0 Å². The summed E-state index contributed by atoms with van der Waals surface area (Å²) in [7, 11) is 0. The Bertz CT molecular complexity index is 95.2. The maximum atomic E-state index is 11.8. The van der Waals surface area contributed by atoms with Crippen LogP contribution in [-0.2, 0) is 0 Å². The Labute approximate surface area is 49.8 Å². The Morgan fingerprint density at radius 3 is 1.56 bits per heavy atom. The van der Waals surface area contributed by atoms with E-state index in [0.717, 1.165) is 6.92 Å². The van der Waals surface area contributed by atoms with Gasteiger partial charge < -0.3 is 0 Å². The molecule has 0 aliphatic heterocycles. The van der Waals surface area contributed by atoms with Crippen molar-refractivity contribution in [2.45, 2.75) is 25.3 Å². The first-order chi connectivity index (χ1) is 3.81. The molecule has 0 spiro atoms. The predicted octanol–water partition coefficient (Wildman–Crippen LogP) is 1.58. The molecule has 1 nitrogen and oxygen atoms in total. The highest BCUT2D eigenvalue weighted by atomic mass is 19.3. The molecule has 0 radical (unpaired) electrons. The van der Waals surface area contributed by atoms with Crippen molar-refractivity contribution in [3.63, 3.8) is 0 Å². The molecule has 0 unspecified atom stereocenters. The van der Waals surface area contributed by atoms with E-state index in [4.69, 9.17) is 0 Å². The van der Waals surface area contributed by atoms with Crippen molar-refractivity contribution in [2.24, 2.45) is 5.73 Å². The highest BCUT2D eigenvalue weighted by Gasteiger charge is 2.51. The van der Waals surface area contributed by atoms with E-state index in [1.165, 1.54) is 0 Å². The van der Waals surface area contributed by atoms with Gasteiger partial charge in [0, 0.05) is 6.42 Å². The lowest BCUT2D eigenvalue weighted by Gasteiger charge is -2.20. The Kier molecular flexibility index (Phi) is 2.06. The molecule has 9 heavy (non-hydrogen) atoms. The van der Waals surface area contributed by atoms with E-state index in [9.17, 15) is 17.6 Å². The minimum atomic E-state index is -4.39. The highest BCUT2D eigenvalue weighted by molar-refractivity contribution is 4.76. The van der Waals surface area contributed by atoms with Crippen LogP contribution in [0, 0.1) is 0 Å². The summed E-state index contributed by atoms with van der Waals surface area (Å²) in [6, 6.07) is -4.39. The summed E-state index contributed by atoms with van der Waals surface area (Å²) in [5.41, 5.74) is 3.84. The largest absolute Gasteiger partial charge is 0.362 e. The SMILES string of the molecule is CCC(F)(F)C(N)(F)F. The van der Waals surface area contributed by atoms with Crippen molar-refractivity contribution < 1.29 is 17.6 Å². The van der Waals surface area contributed by atoms with Gasteiger partial charge in [0.15, 0.2) is 0 Å². The van der Waals surface area contributed by atoms with Crippen LogP contribution >= 0.6 is 0 Å². The molecular formula is C4H7F4N. The zero-order chi connectivity index (χ0) is 7.71. The fraction of sp³-hybridized carbons (Fsp3) is 1.00. The van der Waals surface area contributed by atoms with Crippen molar-refractivity contribution in [2.75, 3.05) is 0 Å². The van der Waals surface area contributed by atoms with E-state index in [1.807, 2.05) is 0 Å². The fourth-order valence-electron chi connectivity index (χ4n) is 0.236. The van der Waals surface area contributed by atoms with Gasteiger partial charge in [0.2, 0.25) is 0 Å². The van der Waals surface area contributed by atoms with Gasteiger partial charge in [-0.05, 0) is 0 Å². The van der Waals surface area contributed by atoms with Gasteiger partial charge in [0.25, 0.3) is 0 Å². The van der Waals surface area contributed by atoms with Crippen LogP contribution in [0.4, 0.5) is 17.6 Å². The van der Waals surface area contributed by atoms with E-state index in [1.54, 1.807) is 0 Å². The highest BCUT2D eigenvalue weighted by Crippen LogP contribution is 2.31. The maximum absolute atomic E-state index is 11.8. The number of hydrogen-bond acceptors (Lipinski definition) is 1. The molecular weight excluding hydrogens is 138 g/mol. The first kappa shape index (κ1) is 8.68. The van der Waals surface area contributed by atoms with Gasteiger partial charge in [0.05, 0.1) is 0 Å². The Morgan fingerprint density at radius 1 is 1.22 bits per heavy atom. The molecule has 0 saturated carbocycles. The summed E-state index contributed by atoms with van der Waals surface area (Å²) in [4.78, 5) is 0. The molecule has 0 aromatic heterocycles. The zero-order valence-electron chi connectivity index (χ0n) is 4.80. The molecule has 56 valence electrons. The second kappa shape index (κ2) is 2.13. The van der Waals surface area contributed by atoms with Crippen molar-refractivity contribution in [3.8, 4) is 0 Å². The normalized spacial score (nSPS) is 14.0. The molecule has 0 rings (SSSR count). The number of nitrogens with two attached hydrogens (primary N) is 1. The van der Waals surface area contributed by atoms with Crippen LogP contribution in [0.5, 0.6) is 0 Å². The zero-order valence-corrected chi connectivity index (χ0v) is 4.80. The van der Waals surface area contributed by atoms with Crippen LogP contribution in [0.25, 0.3) is 0 Å². The lowest BCUT2D eigenvalue weighted by Crippen LogP contribution is -2.47. The number of alkyl halides is 4.